The zero-order chi connectivity index (χ0) is 17.9. The number of alkyl halides is 1. The summed E-state index contributed by atoms with van der Waals surface area (Å²) in [5.41, 5.74) is 0.935. The van der Waals surface area contributed by atoms with Gasteiger partial charge in [0, 0.05) is 31.2 Å². The normalized spacial score (nSPS) is 22.0. The van der Waals surface area contributed by atoms with E-state index in [1.165, 1.54) is 0 Å². The summed E-state index contributed by atoms with van der Waals surface area (Å²) in [6, 6.07) is 9.88. The highest BCUT2D eigenvalue weighted by Gasteiger charge is 2.28. The lowest BCUT2D eigenvalue weighted by Gasteiger charge is -2.32. The summed E-state index contributed by atoms with van der Waals surface area (Å²) in [6.07, 6.45) is 3.32. The standard InChI is InChI=1S/C20H24FN3O2/c21-15-6-12-24(13-15)20(25)14-23-10-7-16(8-11-23)26-19-5-1-4-18-17(19)3-2-9-22-18/h1-5,9,15-16H,6-8,10-14H2. The van der Waals surface area contributed by atoms with Crippen LogP contribution in [0.15, 0.2) is 36.5 Å². The lowest BCUT2D eigenvalue weighted by atomic mass is 10.1. The third-order valence-corrected chi connectivity index (χ3v) is 5.28. The molecule has 0 radical (unpaired) electrons. The molecular formula is C20H24FN3O2. The summed E-state index contributed by atoms with van der Waals surface area (Å²) in [4.78, 5) is 20.4. The highest BCUT2D eigenvalue weighted by atomic mass is 19.1. The first-order chi connectivity index (χ1) is 12.7. The Bertz CT molecular complexity index is 771. The van der Waals surface area contributed by atoms with Gasteiger partial charge in [0.2, 0.25) is 5.91 Å². The molecule has 2 aliphatic rings. The van der Waals surface area contributed by atoms with Crippen LogP contribution in [0.4, 0.5) is 4.39 Å². The second-order valence-corrected chi connectivity index (χ2v) is 7.15. The van der Waals surface area contributed by atoms with Crippen molar-refractivity contribution < 1.29 is 13.9 Å². The highest BCUT2D eigenvalue weighted by Crippen LogP contribution is 2.27. The number of carbonyl (C=O) groups is 1. The third-order valence-electron chi connectivity index (χ3n) is 5.28. The molecule has 5 nitrogen and oxygen atoms in total. The number of halogens is 1. The van der Waals surface area contributed by atoms with Crippen LogP contribution < -0.4 is 4.74 Å². The number of rotatable bonds is 4. The SMILES string of the molecule is O=C(CN1CCC(Oc2cccc3ncccc23)CC1)N1CCC(F)C1. The minimum atomic E-state index is -0.853. The van der Waals surface area contributed by atoms with E-state index in [2.05, 4.69) is 9.88 Å². The highest BCUT2D eigenvalue weighted by molar-refractivity contribution is 5.84. The first kappa shape index (κ1) is 17.2. The molecule has 0 saturated carbocycles. The van der Waals surface area contributed by atoms with Gasteiger partial charge in [-0.15, -0.1) is 0 Å². The van der Waals surface area contributed by atoms with Gasteiger partial charge < -0.3 is 9.64 Å². The number of aromatic nitrogens is 1. The van der Waals surface area contributed by atoms with E-state index in [4.69, 9.17) is 4.74 Å². The van der Waals surface area contributed by atoms with Crippen molar-refractivity contribution in [3.8, 4) is 5.75 Å². The minimum absolute atomic E-state index is 0.0460. The Labute approximate surface area is 152 Å². The molecule has 4 rings (SSSR count). The minimum Gasteiger partial charge on any atom is -0.490 e. The number of hydrogen-bond acceptors (Lipinski definition) is 4. The molecule has 2 aliphatic heterocycles. The van der Waals surface area contributed by atoms with E-state index in [1.54, 1.807) is 11.1 Å². The first-order valence-corrected chi connectivity index (χ1v) is 9.33. The van der Waals surface area contributed by atoms with E-state index in [9.17, 15) is 9.18 Å². The number of fused-ring (bicyclic) bond motifs is 1. The molecule has 1 aromatic heterocycles. The van der Waals surface area contributed by atoms with Gasteiger partial charge in [0.05, 0.1) is 18.6 Å². The Kier molecular flexibility index (Phi) is 5.02. The van der Waals surface area contributed by atoms with Gasteiger partial charge in [-0.3, -0.25) is 14.7 Å². The summed E-state index contributed by atoms with van der Waals surface area (Å²) in [7, 11) is 0. The molecule has 0 aliphatic carbocycles. The van der Waals surface area contributed by atoms with Crippen LogP contribution in [0.25, 0.3) is 10.9 Å². The van der Waals surface area contributed by atoms with Gasteiger partial charge in [0.1, 0.15) is 18.0 Å². The fraction of sp³-hybridized carbons (Fsp3) is 0.500. The molecule has 0 spiro atoms. The first-order valence-electron chi connectivity index (χ1n) is 9.33. The zero-order valence-electron chi connectivity index (χ0n) is 14.8. The van der Waals surface area contributed by atoms with Crippen molar-refractivity contribution in [2.75, 3.05) is 32.7 Å². The maximum absolute atomic E-state index is 13.3. The Balaban J connectivity index is 1.30. The molecule has 0 bridgehead atoms. The second-order valence-electron chi connectivity index (χ2n) is 7.15. The van der Waals surface area contributed by atoms with Crippen LogP contribution in [0, 0.1) is 0 Å². The van der Waals surface area contributed by atoms with E-state index >= 15 is 0 Å². The average molecular weight is 357 g/mol. The molecule has 1 atom stereocenters. The van der Waals surface area contributed by atoms with Crippen LogP contribution in [0.3, 0.4) is 0 Å². The monoisotopic (exact) mass is 357 g/mol. The average Bonchev–Trinajstić information content (AvgIpc) is 3.10. The molecule has 2 saturated heterocycles. The summed E-state index contributed by atoms with van der Waals surface area (Å²) in [5.74, 6) is 0.917. The van der Waals surface area contributed by atoms with E-state index in [0.29, 0.717) is 19.5 Å². The zero-order valence-corrected chi connectivity index (χ0v) is 14.8. The fourth-order valence-corrected chi connectivity index (χ4v) is 3.78. The van der Waals surface area contributed by atoms with Crippen LogP contribution in [-0.2, 0) is 4.79 Å². The number of carbonyl (C=O) groups excluding carboxylic acids is 1. The summed E-state index contributed by atoms with van der Waals surface area (Å²) in [6.45, 7) is 2.85. The van der Waals surface area contributed by atoms with Crippen LogP contribution in [0.5, 0.6) is 5.75 Å². The van der Waals surface area contributed by atoms with E-state index < -0.39 is 6.17 Å². The Morgan fingerprint density at radius 1 is 1.15 bits per heavy atom. The lowest BCUT2D eigenvalue weighted by molar-refractivity contribution is -0.132. The van der Waals surface area contributed by atoms with Crippen LogP contribution in [0.1, 0.15) is 19.3 Å². The number of benzene rings is 1. The van der Waals surface area contributed by atoms with Crippen molar-refractivity contribution in [2.24, 2.45) is 0 Å². The number of likely N-dealkylation sites (tertiary alicyclic amines) is 2. The van der Waals surface area contributed by atoms with Crippen molar-refractivity contribution in [3.63, 3.8) is 0 Å². The van der Waals surface area contributed by atoms with Crippen molar-refractivity contribution in [3.05, 3.63) is 36.5 Å². The van der Waals surface area contributed by atoms with Gasteiger partial charge in [-0.2, -0.15) is 0 Å². The molecule has 1 aromatic carbocycles. The maximum atomic E-state index is 13.3. The van der Waals surface area contributed by atoms with Crippen molar-refractivity contribution in [1.29, 1.82) is 0 Å². The molecule has 138 valence electrons. The quantitative estimate of drug-likeness (QED) is 0.844. The molecule has 2 aromatic rings. The molecule has 3 heterocycles. The lowest BCUT2D eigenvalue weighted by Crippen LogP contribution is -2.44. The number of pyridine rings is 1. The predicted octanol–water partition coefficient (Wildman–Crippen LogP) is 2.65. The van der Waals surface area contributed by atoms with Gasteiger partial charge in [0.15, 0.2) is 0 Å². The van der Waals surface area contributed by atoms with Crippen molar-refractivity contribution in [2.45, 2.75) is 31.5 Å². The predicted molar refractivity (Wildman–Crippen MR) is 97.9 cm³/mol. The Morgan fingerprint density at radius 2 is 2.00 bits per heavy atom. The maximum Gasteiger partial charge on any atom is 0.236 e. The van der Waals surface area contributed by atoms with Gasteiger partial charge in [-0.1, -0.05) is 6.07 Å². The molecule has 26 heavy (non-hydrogen) atoms. The molecular weight excluding hydrogens is 333 g/mol. The van der Waals surface area contributed by atoms with Crippen LogP contribution in [-0.4, -0.2) is 65.7 Å². The summed E-state index contributed by atoms with van der Waals surface area (Å²) >= 11 is 0. The number of piperidine rings is 1. The largest absolute Gasteiger partial charge is 0.490 e. The second kappa shape index (κ2) is 7.58. The molecule has 2 fully saturated rings. The molecule has 0 N–H and O–H groups in total. The van der Waals surface area contributed by atoms with Gasteiger partial charge in [-0.05, 0) is 43.5 Å². The van der Waals surface area contributed by atoms with Crippen LogP contribution >= 0.6 is 0 Å². The topological polar surface area (TPSA) is 45.7 Å². The van der Waals surface area contributed by atoms with Gasteiger partial charge in [0.25, 0.3) is 0 Å². The number of amides is 1. The Morgan fingerprint density at radius 3 is 2.77 bits per heavy atom. The molecule has 1 unspecified atom stereocenters. The summed E-state index contributed by atoms with van der Waals surface area (Å²) < 4.78 is 19.5. The Hall–Kier alpha value is -2.21. The van der Waals surface area contributed by atoms with Crippen molar-refractivity contribution in [1.82, 2.24) is 14.8 Å². The van der Waals surface area contributed by atoms with E-state index in [-0.39, 0.29) is 18.6 Å². The van der Waals surface area contributed by atoms with E-state index in [0.717, 1.165) is 42.6 Å². The molecule has 1 amide bonds. The smallest absolute Gasteiger partial charge is 0.236 e. The van der Waals surface area contributed by atoms with Crippen molar-refractivity contribution >= 4 is 16.8 Å². The summed E-state index contributed by atoms with van der Waals surface area (Å²) in [5, 5.41) is 1.03. The van der Waals surface area contributed by atoms with E-state index in [1.807, 2.05) is 30.3 Å². The van der Waals surface area contributed by atoms with Gasteiger partial charge in [-0.25, -0.2) is 4.39 Å². The number of hydrogen-bond donors (Lipinski definition) is 0. The third kappa shape index (κ3) is 3.80. The molecule has 6 heteroatoms. The fourth-order valence-electron chi connectivity index (χ4n) is 3.78. The van der Waals surface area contributed by atoms with Gasteiger partial charge >= 0.3 is 0 Å². The number of ether oxygens (including phenoxy) is 1. The number of nitrogens with zero attached hydrogens (tertiary/aromatic N) is 3. The van der Waals surface area contributed by atoms with Crippen LogP contribution in [0.2, 0.25) is 0 Å².